The second-order valence-electron chi connectivity index (χ2n) is 5.89. The molecule has 1 amide bonds. The number of benzene rings is 2. The lowest BCUT2D eigenvalue weighted by molar-refractivity contribution is -0.114. The molecule has 0 radical (unpaired) electrons. The normalized spacial score (nSPS) is 10.8. The van der Waals surface area contributed by atoms with Gasteiger partial charge in [0.15, 0.2) is 5.82 Å². The van der Waals surface area contributed by atoms with Crippen molar-refractivity contribution < 1.29 is 9.53 Å². The number of hydrogen-bond acceptors (Lipinski definition) is 5. The predicted octanol–water partition coefficient (Wildman–Crippen LogP) is 3.82. The van der Waals surface area contributed by atoms with Gasteiger partial charge in [0, 0.05) is 29.1 Å². The van der Waals surface area contributed by atoms with Gasteiger partial charge >= 0.3 is 0 Å². The van der Waals surface area contributed by atoms with Gasteiger partial charge in [-0.3, -0.25) is 9.89 Å². The molecule has 0 aliphatic heterocycles. The Morgan fingerprint density at radius 2 is 1.85 bits per heavy atom. The number of hydrogen-bond donors (Lipinski definition) is 3. The zero-order valence-corrected chi connectivity index (χ0v) is 14.3. The first-order valence-corrected chi connectivity index (χ1v) is 8.09. The number of carbonyl (C=O) groups is 1. The minimum atomic E-state index is -0.100. The van der Waals surface area contributed by atoms with Crippen LogP contribution >= 0.6 is 0 Å². The third-order valence-corrected chi connectivity index (χ3v) is 4.07. The molecule has 7 heteroatoms. The molecule has 0 fully saturated rings. The monoisotopic (exact) mass is 347 g/mol. The van der Waals surface area contributed by atoms with Crippen LogP contribution in [0.5, 0.6) is 5.75 Å². The molecule has 0 spiro atoms. The van der Waals surface area contributed by atoms with Gasteiger partial charge in [-0.15, -0.1) is 0 Å². The Hall–Kier alpha value is -3.61. The lowest BCUT2D eigenvalue weighted by Crippen LogP contribution is -2.05. The molecule has 26 heavy (non-hydrogen) atoms. The molecule has 0 bridgehead atoms. The highest BCUT2D eigenvalue weighted by Crippen LogP contribution is 2.31. The van der Waals surface area contributed by atoms with Gasteiger partial charge in [0.25, 0.3) is 0 Å². The van der Waals surface area contributed by atoms with Crippen LogP contribution in [-0.4, -0.2) is 28.2 Å². The third kappa shape index (κ3) is 2.90. The summed E-state index contributed by atoms with van der Waals surface area (Å²) >= 11 is 0. The van der Waals surface area contributed by atoms with Crippen LogP contribution < -0.4 is 15.4 Å². The number of H-pyrrole nitrogens is 1. The number of fused-ring (bicyclic) bond motifs is 3. The average Bonchev–Trinajstić information content (AvgIpc) is 3.13. The number of aromatic amines is 1. The maximum atomic E-state index is 11.1. The highest BCUT2D eigenvalue weighted by molar-refractivity contribution is 6.09. The summed E-state index contributed by atoms with van der Waals surface area (Å²) in [5, 5.41) is 15.2. The molecule has 0 saturated heterocycles. The maximum absolute atomic E-state index is 11.1. The second kappa shape index (κ2) is 6.36. The van der Waals surface area contributed by atoms with Crippen molar-refractivity contribution in [2.24, 2.45) is 0 Å². The summed E-state index contributed by atoms with van der Waals surface area (Å²) in [5.74, 6) is 1.36. The van der Waals surface area contributed by atoms with E-state index in [1.807, 2.05) is 42.5 Å². The average molecular weight is 347 g/mol. The number of ether oxygens (including phenoxy) is 1. The standard InChI is InChI=1S/C19H17N5O2/c1-11(25)21-12-3-5-13(6-4-12)22-19-18-16(10-20-24-18)15-9-14(26-2)7-8-17(15)23-19/h3-10H,1-2H3,(H,20,24)(H,21,25)(H,22,23). The van der Waals surface area contributed by atoms with Crippen molar-refractivity contribution in [2.45, 2.75) is 6.92 Å². The molecule has 2 aromatic carbocycles. The van der Waals surface area contributed by atoms with Crippen molar-refractivity contribution in [2.75, 3.05) is 17.7 Å². The number of carbonyl (C=O) groups excluding carboxylic acids is 1. The number of methoxy groups -OCH3 is 1. The molecular formula is C19H17N5O2. The number of anilines is 3. The van der Waals surface area contributed by atoms with Crippen LogP contribution in [0.4, 0.5) is 17.2 Å². The SMILES string of the molecule is COc1ccc2nc(Nc3ccc(NC(C)=O)cc3)c3[nH]ncc3c2c1. The summed E-state index contributed by atoms with van der Waals surface area (Å²) in [6.45, 7) is 1.48. The summed E-state index contributed by atoms with van der Waals surface area (Å²) in [6.07, 6.45) is 1.78. The summed E-state index contributed by atoms with van der Waals surface area (Å²) in [7, 11) is 1.64. The van der Waals surface area contributed by atoms with Crippen LogP contribution in [0.15, 0.2) is 48.7 Å². The van der Waals surface area contributed by atoms with Crippen molar-refractivity contribution in [1.82, 2.24) is 15.2 Å². The number of aromatic nitrogens is 3. The van der Waals surface area contributed by atoms with Crippen molar-refractivity contribution in [1.29, 1.82) is 0 Å². The molecule has 3 N–H and O–H groups in total. The molecule has 0 aliphatic carbocycles. The van der Waals surface area contributed by atoms with Crippen LogP contribution in [0.3, 0.4) is 0 Å². The zero-order chi connectivity index (χ0) is 18.1. The van der Waals surface area contributed by atoms with Crippen LogP contribution in [0.2, 0.25) is 0 Å². The smallest absolute Gasteiger partial charge is 0.221 e. The molecule has 0 saturated carbocycles. The Labute approximate surface area is 149 Å². The van der Waals surface area contributed by atoms with E-state index >= 15 is 0 Å². The topological polar surface area (TPSA) is 91.9 Å². The molecule has 4 rings (SSSR count). The summed E-state index contributed by atoms with van der Waals surface area (Å²) in [4.78, 5) is 15.8. The minimum absolute atomic E-state index is 0.100. The fourth-order valence-corrected chi connectivity index (χ4v) is 2.87. The van der Waals surface area contributed by atoms with Crippen LogP contribution in [0.1, 0.15) is 6.92 Å². The second-order valence-corrected chi connectivity index (χ2v) is 5.89. The van der Waals surface area contributed by atoms with E-state index < -0.39 is 0 Å². The summed E-state index contributed by atoms with van der Waals surface area (Å²) < 4.78 is 5.31. The van der Waals surface area contributed by atoms with Gasteiger partial charge < -0.3 is 15.4 Å². The highest BCUT2D eigenvalue weighted by atomic mass is 16.5. The Morgan fingerprint density at radius 3 is 2.58 bits per heavy atom. The minimum Gasteiger partial charge on any atom is -0.497 e. The van der Waals surface area contributed by atoms with Crippen molar-refractivity contribution in [3.8, 4) is 5.75 Å². The van der Waals surface area contributed by atoms with Gasteiger partial charge in [-0.2, -0.15) is 5.10 Å². The van der Waals surface area contributed by atoms with E-state index in [4.69, 9.17) is 9.72 Å². The fraction of sp³-hybridized carbons (Fsp3) is 0.105. The van der Waals surface area contributed by atoms with Crippen LogP contribution in [0, 0.1) is 0 Å². The van der Waals surface area contributed by atoms with Gasteiger partial charge in [-0.05, 0) is 42.5 Å². The van der Waals surface area contributed by atoms with E-state index in [1.54, 1.807) is 13.3 Å². The Bertz CT molecular complexity index is 1100. The number of nitrogens with zero attached hydrogens (tertiary/aromatic N) is 2. The van der Waals surface area contributed by atoms with Gasteiger partial charge in [-0.25, -0.2) is 4.98 Å². The lowest BCUT2D eigenvalue weighted by atomic mass is 10.1. The van der Waals surface area contributed by atoms with Gasteiger partial charge in [0.2, 0.25) is 5.91 Å². The molecule has 2 heterocycles. The first kappa shape index (κ1) is 15.9. The van der Waals surface area contributed by atoms with E-state index in [-0.39, 0.29) is 5.91 Å². The summed E-state index contributed by atoms with van der Waals surface area (Å²) in [5.41, 5.74) is 3.26. The molecule has 7 nitrogen and oxygen atoms in total. The predicted molar refractivity (Wildman–Crippen MR) is 102 cm³/mol. The molecule has 0 atom stereocenters. The van der Waals surface area contributed by atoms with Crippen molar-refractivity contribution >= 4 is 44.9 Å². The Kier molecular flexibility index (Phi) is 3.89. The molecular weight excluding hydrogens is 330 g/mol. The van der Waals surface area contributed by atoms with E-state index in [0.29, 0.717) is 5.82 Å². The molecule has 130 valence electrons. The number of rotatable bonds is 4. The first-order chi connectivity index (χ1) is 12.6. The third-order valence-electron chi connectivity index (χ3n) is 4.07. The zero-order valence-electron chi connectivity index (χ0n) is 14.3. The van der Waals surface area contributed by atoms with Crippen molar-refractivity contribution in [3.05, 3.63) is 48.7 Å². The van der Waals surface area contributed by atoms with Crippen LogP contribution in [0.25, 0.3) is 21.8 Å². The highest BCUT2D eigenvalue weighted by Gasteiger charge is 2.11. The molecule has 0 aliphatic rings. The quantitative estimate of drug-likeness (QED) is 0.522. The Morgan fingerprint density at radius 1 is 1.08 bits per heavy atom. The number of amides is 1. The number of nitrogens with one attached hydrogen (secondary N) is 3. The largest absolute Gasteiger partial charge is 0.497 e. The van der Waals surface area contributed by atoms with E-state index in [2.05, 4.69) is 20.8 Å². The van der Waals surface area contributed by atoms with Gasteiger partial charge in [0.05, 0.1) is 18.8 Å². The van der Waals surface area contributed by atoms with Gasteiger partial charge in [0.1, 0.15) is 11.3 Å². The summed E-state index contributed by atoms with van der Waals surface area (Å²) in [6, 6.07) is 13.2. The van der Waals surface area contributed by atoms with Gasteiger partial charge in [-0.1, -0.05) is 0 Å². The molecule has 4 aromatic rings. The van der Waals surface area contributed by atoms with E-state index in [9.17, 15) is 4.79 Å². The van der Waals surface area contributed by atoms with Crippen LogP contribution in [-0.2, 0) is 4.79 Å². The Balaban J connectivity index is 1.74. The van der Waals surface area contributed by atoms with E-state index in [0.717, 1.165) is 38.9 Å². The molecule has 0 unspecified atom stereocenters. The van der Waals surface area contributed by atoms with Crippen molar-refractivity contribution in [3.63, 3.8) is 0 Å². The lowest BCUT2D eigenvalue weighted by Gasteiger charge is -2.10. The van der Waals surface area contributed by atoms with E-state index in [1.165, 1.54) is 6.92 Å². The number of pyridine rings is 1. The maximum Gasteiger partial charge on any atom is 0.221 e. The first-order valence-electron chi connectivity index (χ1n) is 8.09. The fourth-order valence-electron chi connectivity index (χ4n) is 2.87. The molecule has 2 aromatic heterocycles.